The summed E-state index contributed by atoms with van der Waals surface area (Å²) in [5, 5.41) is 8.07. The van der Waals surface area contributed by atoms with Crippen LogP contribution in [0.1, 0.15) is 0 Å². The lowest BCUT2D eigenvalue weighted by Gasteiger charge is -2.32. The van der Waals surface area contributed by atoms with E-state index in [1.165, 1.54) is 7.05 Å². The Kier molecular flexibility index (Phi) is 5.96. The molecule has 2 N–H and O–H groups in total. The predicted octanol–water partition coefficient (Wildman–Crippen LogP) is -0.867. The van der Waals surface area contributed by atoms with Crippen molar-refractivity contribution in [1.29, 1.82) is 0 Å². The first-order valence-electron chi connectivity index (χ1n) is 10.1. The van der Waals surface area contributed by atoms with Gasteiger partial charge in [0.25, 0.3) is 0 Å². The smallest absolute Gasteiger partial charge is 0.356 e. The lowest BCUT2D eigenvalue weighted by Crippen LogP contribution is -2.45. The third-order valence-electron chi connectivity index (χ3n) is 5.48. The van der Waals surface area contributed by atoms with Gasteiger partial charge in [-0.25, -0.2) is 9.78 Å². The van der Waals surface area contributed by atoms with Crippen molar-refractivity contribution in [3.05, 3.63) is 39.0 Å². The van der Waals surface area contributed by atoms with Crippen LogP contribution in [0.15, 0.2) is 27.8 Å². The van der Waals surface area contributed by atoms with Crippen LogP contribution in [0.5, 0.6) is 11.5 Å². The van der Waals surface area contributed by atoms with Crippen LogP contribution in [0.3, 0.4) is 0 Å². The van der Waals surface area contributed by atoms with Crippen LogP contribution in [-0.4, -0.2) is 83.0 Å². The van der Waals surface area contributed by atoms with E-state index in [9.17, 15) is 9.59 Å². The second-order valence-electron chi connectivity index (χ2n) is 7.55. The lowest BCUT2D eigenvalue weighted by atomic mass is 10.2. The Morgan fingerprint density at radius 2 is 1.87 bits per heavy atom. The van der Waals surface area contributed by atoms with Crippen molar-refractivity contribution in [1.82, 2.24) is 29.5 Å². The normalized spacial score (nSPS) is 15.3. The molecule has 1 fully saturated rings. The molecular formula is C20H26N7O4+. The first-order valence-corrected chi connectivity index (χ1v) is 10.1. The average molecular weight is 428 g/mol. The molecule has 0 bridgehead atoms. The molecule has 11 heteroatoms. The summed E-state index contributed by atoms with van der Waals surface area (Å²) in [6.07, 6.45) is 0. The number of H-pyrrole nitrogens is 2. The highest BCUT2D eigenvalue weighted by atomic mass is 16.5. The molecule has 2 aromatic heterocycles. The molecule has 3 heterocycles. The van der Waals surface area contributed by atoms with E-state index in [0.29, 0.717) is 29.5 Å². The molecular weight excluding hydrogens is 402 g/mol. The lowest BCUT2D eigenvalue weighted by molar-refractivity contribution is -0.337. The Hall–Kier alpha value is -3.31. The molecule has 0 aliphatic carbocycles. The number of fused-ring (bicyclic) bond motifs is 1. The molecule has 1 saturated heterocycles. The fraction of sp³-hybridized carbons (Fsp3) is 0.450. The predicted molar refractivity (Wildman–Crippen MR) is 113 cm³/mol. The van der Waals surface area contributed by atoms with Crippen LogP contribution >= 0.6 is 0 Å². The molecule has 1 aliphatic heterocycles. The Morgan fingerprint density at radius 3 is 2.61 bits per heavy atom. The Bertz CT molecular complexity index is 1200. The molecule has 11 nitrogen and oxygen atoms in total. The van der Waals surface area contributed by atoms with Crippen molar-refractivity contribution in [2.75, 3.05) is 53.5 Å². The summed E-state index contributed by atoms with van der Waals surface area (Å²) >= 11 is 0. The molecule has 0 unspecified atom stereocenters. The molecule has 0 spiro atoms. The number of nitrogens with one attached hydrogen (secondary N) is 2. The number of methoxy groups -OCH3 is 1. The summed E-state index contributed by atoms with van der Waals surface area (Å²) in [6.45, 7) is 5.62. The van der Waals surface area contributed by atoms with Gasteiger partial charge in [0.2, 0.25) is 11.2 Å². The molecule has 1 aliphatic rings. The SMILES string of the molecule is COc1cc(-c2nnc3[nH]c(=O)n(C)c(=O)c3[nH+]2)ccc1OCCN1CCN(C)CC1. The van der Waals surface area contributed by atoms with Gasteiger partial charge in [-0.1, -0.05) is 0 Å². The van der Waals surface area contributed by atoms with Gasteiger partial charge in [0.1, 0.15) is 6.61 Å². The van der Waals surface area contributed by atoms with E-state index >= 15 is 0 Å². The molecule has 3 aromatic rings. The fourth-order valence-corrected chi connectivity index (χ4v) is 3.46. The van der Waals surface area contributed by atoms with Crippen molar-refractivity contribution in [2.45, 2.75) is 0 Å². The number of piperazine rings is 1. The summed E-state index contributed by atoms with van der Waals surface area (Å²) in [7, 11) is 5.10. The highest BCUT2D eigenvalue weighted by molar-refractivity contribution is 5.65. The largest absolute Gasteiger partial charge is 0.493 e. The van der Waals surface area contributed by atoms with Gasteiger partial charge in [-0.15, -0.1) is 0 Å². The van der Waals surface area contributed by atoms with Crippen LogP contribution in [0.25, 0.3) is 22.6 Å². The number of hydrogen-bond donors (Lipinski definition) is 1. The maximum Gasteiger partial charge on any atom is 0.356 e. The second-order valence-corrected chi connectivity index (χ2v) is 7.55. The average Bonchev–Trinajstić information content (AvgIpc) is 2.79. The maximum absolute atomic E-state index is 12.4. The van der Waals surface area contributed by atoms with Crippen molar-refractivity contribution < 1.29 is 14.5 Å². The van der Waals surface area contributed by atoms with Crippen molar-refractivity contribution in [3.8, 4) is 22.9 Å². The van der Waals surface area contributed by atoms with Gasteiger partial charge < -0.3 is 14.4 Å². The van der Waals surface area contributed by atoms with Crippen molar-refractivity contribution >= 4 is 11.2 Å². The summed E-state index contributed by atoms with van der Waals surface area (Å²) in [5.74, 6) is 1.56. The zero-order valence-electron chi connectivity index (χ0n) is 17.8. The standard InChI is InChI=1S/C20H25N7O4/c1-25-6-8-27(9-7-25)10-11-31-14-5-4-13(12-15(14)30-3)17-21-16-18(24-23-17)22-20(29)26(2)19(16)28/h4-5,12H,6-11H2,1-3H3,(H,22,24,29)/p+1. The zero-order chi connectivity index (χ0) is 22.0. The minimum atomic E-state index is -0.548. The number of aromatic nitrogens is 5. The van der Waals surface area contributed by atoms with Crippen LogP contribution in [-0.2, 0) is 7.05 Å². The summed E-state index contributed by atoms with van der Waals surface area (Å²) in [4.78, 5) is 34.3. The topological polar surface area (TPSA) is 120 Å². The first kappa shape index (κ1) is 20.9. The molecule has 0 atom stereocenters. The van der Waals surface area contributed by atoms with E-state index in [4.69, 9.17) is 9.47 Å². The summed E-state index contributed by atoms with van der Waals surface area (Å²) in [6, 6.07) is 5.40. The van der Waals surface area contributed by atoms with Crippen molar-refractivity contribution in [2.24, 2.45) is 7.05 Å². The molecule has 0 radical (unpaired) electrons. The fourth-order valence-electron chi connectivity index (χ4n) is 3.46. The van der Waals surface area contributed by atoms with Crippen LogP contribution < -0.4 is 25.7 Å². The third-order valence-corrected chi connectivity index (χ3v) is 5.48. The first-order chi connectivity index (χ1) is 15.0. The number of ether oxygens (including phenoxy) is 2. The monoisotopic (exact) mass is 428 g/mol. The minimum Gasteiger partial charge on any atom is -0.493 e. The van der Waals surface area contributed by atoms with Crippen LogP contribution in [0.2, 0.25) is 0 Å². The number of benzene rings is 1. The number of nitrogens with zero attached hydrogens (tertiary/aromatic N) is 5. The van der Waals surface area contributed by atoms with E-state index in [1.54, 1.807) is 13.2 Å². The van der Waals surface area contributed by atoms with Gasteiger partial charge in [-0.3, -0.25) is 19.2 Å². The van der Waals surface area contributed by atoms with Crippen LogP contribution in [0.4, 0.5) is 0 Å². The zero-order valence-corrected chi connectivity index (χ0v) is 17.8. The summed E-state index contributed by atoms with van der Waals surface area (Å²) in [5.41, 5.74) is -0.0874. The molecule has 4 rings (SSSR count). The molecule has 1 aromatic carbocycles. The Morgan fingerprint density at radius 1 is 1.10 bits per heavy atom. The quantitative estimate of drug-likeness (QED) is 0.538. The van der Waals surface area contributed by atoms with E-state index in [0.717, 1.165) is 37.3 Å². The van der Waals surface area contributed by atoms with Gasteiger partial charge in [0.05, 0.1) is 17.8 Å². The van der Waals surface area contributed by atoms with Crippen LogP contribution in [0, 0.1) is 0 Å². The van der Waals surface area contributed by atoms with Gasteiger partial charge in [-0.05, 0) is 30.3 Å². The molecule has 0 saturated carbocycles. The minimum absolute atomic E-state index is 0.104. The number of rotatable bonds is 6. The van der Waals surface area contributed by atoms with E-state index in [1.807, 2.05) is 12.1 Å². The van der Waals surface area contributed by atoms with Gasteiger partial charge >= 0.3 is 17.1 Å². The highest BCUT2D eigenvalue weighted by Crippen LogP contribution is 2.30. The third kappa shape index (κ3) is 4.42. The number of aromatic amines is 2. The molecule has 0 amide bonds. The number of likely N-dealkylation sites (N-methyl/N-ethyl adjacent to an activating group) is 1. The number of hydrogen-bond acceptors (Lipinski definition) is 8. The van der Waals surface area contributed by atoms with E-state index in [-0.39, 0.29) is 11.2 Å². The van der Waals surface area contributed by atoms with E-state index in [2.05, 4.69) is 37.0 Å². The molecule has 31 heavy (non-hydrogen) atoms. The maximum atomic E-state index is 12.4. The summed E-state index contributed by atoms with van der Waals surface area (Å²) < 4.78 is 12.4. The Labute approximate surface area is 178 Å². The van der Waals surface area contributed by atoms with E-state index < -0.39 is 11.2 Å². The Balaban J connectivity index is 1.52. The second kappa shape index (κ2) is 8.82. The van der Waals surface area contributed by atoms with Gasteiger partial charge in [0, 0.05) is 39.8 Å². The highest BCUT2D eigenvalue weighted by Gasteiger charge is 2.19. The molecule has 164 valence electrons. The van der Waals surface area contributed by atoms with Gasteiger partial charge in [-0.2, -0.15) is 0 Å². The van der Waals surface area contributed by atoms with Gasteiger partial charge in [0.15, 0.2) is 11.5 Å². The van der Waals surface area contributed by atoms with Crippen molar-refractivity contribution in [3.63, 3.8) is 0 Å².